The van der Waals surface area contributed by atoms with Gasteiger partial charge < -0.3 is 10.1 Å². The molecule has 0 saturated carbocycles. The van der Waals surface area contributed by atoms with Crippen molar-refractivity contribution in [2.45, 2.75) is 13.1 Å². The van der Waals surface area contributed by atoms with E-state index in [1.807, 2.05) is 0 Å². The Kier molecular flexibility index (Phi) is 4.99. The van der Waals surface area contributed by atoms with E-state index in [2.05, 4.69) is 21.2 Å². The number of benzene rings is 2. The Morgan fingerprint density at radius 3 is 2.52 bits per heavy atom. The van der Waals surface area contributed by atoms with Gasteiger partial charge >= 0.3 is 6.18 Å². The van der Waals surface area contributed by atoms with Crippen molar-refractivity contribution in [3.05, 3.63) is 57.6 Å². The molecule has 0 aliphatic carbocycles. The molecule has 1 amide bonds. The van der Waals surface area contributed by atoms with Gasteiger partial charge in [-0.2, -0.15) is 13.2 Å². The molecule has 0 bridgehead atoms. The summed E-state index contributed by atoms with van der Waals surface area (Å²) in [5.74, 6) is -0.178. The zero-order chi connectivity index (χ0) is 17.2. The minimum Gasteiger partial charge on any atom is -0.496 e. The number of halogens is 4. The fourth-order valence-corrected chi connectivity index (χ4v) is 2.71. The van der Waals surface area contributed by atoms with Gasteiger partial charge in [-0.3, -0.25) is 4.79 Å². The summed E-state index contributed by atoms with van der Waals surface area (Å²) in [4.78, 5) is 12.4. The Hall–Kier alpha value is -2.02. The van der Waals surface area contributed by atoms with Crippen LogP contribution in [-0.2, 0) is 6.18 Å². The molecule has 0 spiro atoms. The summed E-state index contributed by atoms with van der Waals surface area (Å²) in [5, 5.41) is 2.46. The van der Waals surface area contributed by atoms with Gasteiger partial charge in [0.25, 0.3) is 5.91 Å². The van der Waals surface area contributed by atoms with Crippen LogP contribution < -0.4 is 10.1 Å². The largest absolute Gasteiger partial charge is 0.496 e. The summed E-state index contributed by atoms with van der Waals surface area (Å²) in [5.41, 5.74) is 0.199. The standard InChI is InChI=1S/C16H13BrF3NO2/c1-9-6-11(17)8-13(14(9)23-2)15(22)21-12-5-3-4-10(7-12)16(18,19)20/h3-8H,1-2H3,(H,21,22). The molecule has 0 radical (unpaired) electrons. The number of hydrogen-bond donors (Lipinski definition) is 1. The lowest BCUT2D eigenvalue weighted by Crippen LogP contribution is -2.14. The lowest BCUT2D eigenvalue weighted by molar-refractivity contribution is -0.137. The topological polar surface area (TPSA) is 38.3 Å². The van der Waals surface area contributed by atoms with Gasteiger partial charge in [0.05, 0.1) is 18.2 Å². The molecule has 0 unspecified atom stereocenters. The minimum absolute atomic E-state index is 0.0597. The number of anilines is 1. The van der Waals surface area contributed by atoms with Crippen LogP contribution in [0.1, 0.15) is 21.5 Å². The van der Waals surface area contributed by atoms with Crippen LogP contribution in [0.4, 0.5) is 18.9 Å². The summed E-state index contributed by atoms with van der Waals surface area (Å²) in [7, 11) is 1.43. The van der Waals surface area contributed by atoms with Crippen molar-refractivity contribution in [1.29, 1.82) is 0 Å². The average molecular weight is 388 g/mol. The molecular weight excluding hydrogens is 375 g/mol. The van der Waals surface area contributed by atoms with Gasteiger partial charge in [-0.05, 0) is 42.8 Å². The summed E-state index contributed by atoms with van der Waals surface area (Å²) < 4.78 is 44.0. The van der Waals surface area contributed by atoms with Crippen LogP contribution in [0.2, 0.25) is 0 Å². The lowest BCUT2D eigenvalue weighted by Gasteiger charge is -2.13. The van der Waals surface area contributed by atoms with Crippen LogP contribution in [0, 0.1) is 6.92 Å². The number of carbonyl (C=O) groups is 1. The van der Waals surface area contributed by atoms with Gasteiger partial charge in [0.15, 0.2) is 0 Å². The normalized spacial score (nSPS) is 11.2. The summed E-state index contributed by atoms with van der Waals surface area (Å²) in [6.45, 7) is 1.77. The number of hydrogen-bond acceptors (Lipinski definition) is 2. The Labute approximate surface area is 139 Å². The molecule has 0 saturated heterocycles. The third-order valence-electron chi connectivity index (χ3n) is 3.14. The molecule has 122 valence electrons. The van der Waals surface area contributed by atoms with Crippen LogP contribution in [-0.4, -0.2) is 13.0 Å². The van der Waals surface area contributed by atoms with Gasteiger partial charge in [-0.25, -0.2) is 0 Å². The molecule has 2 aromatic carbocycles. The summed E-state index contributed by atoms with van der Waals surface area (Å²) >= 11 is 3.28. The van der Waals surface area contributed by atoms with E-state index in [1.54, 1.807) is 19.1 Å². The molecule has 0 fully saturated rings. The highest BCUT2D eigenvalue weighted by Gasteiger charge is 2.30. The first-order chi connectivity index (χ1) is 10.7. The second-order valence-corrected chi connectivity index (χ2v) is 5.75. The number of ether oxygens (including phenoxy) is 1. The Balaban J connectivity index is 2.33. The third kappa shape index (κ3) is 4.04. The Bertz CT molecular complexity index is 745. The van der Waals surface area contributed by atoms with Crippen LogP contribution in [0.5, 0.6) is 5.75 Å². The minimum atomic E-state index is -4.47. The van der Waals surface area contributed by atoms with Crippen molar-refractivity contribution >= 4 is 27.5 Å². The maximum absolute atomic E-state index is 12.7. The summed E-state index contributed by atoms with van der Waals surface area (Å²) in [6, 6.07) is 7.79. The number of carbonyl (C=O) groups excluding carboxylic acids is 1. The fraction of sp³-hybridized carbons (Fsp3) is 0.188. The van der Waals surface area contributed by atoms with Crippen LogP contribution in [0.15, 0.2) is 40.9 Å². The highest BCUT2D eigenvalue weighted by atomic mass is 79.9. The van der Waals surface area contributed by atoms with E-state index < -0.39 is 17.6 Å². The second kappa shape index (κ2) is 6.62. The van der Waals surface area contributed by atoms with E-state index in [-0.39, 0.29) is 11.3 Å². The molecule has 0 aromatic heterocycles. The molecule has 1 N–H and O–H groups in total. The maximum Gasteiger partial charge on any atom is 0.416 e. The second-order valence-electron chi connectivity index (χ2n) is 4.84. The maximum atomic E-state index is 12.7. The SMILES string of the molecule is COc1c(C)cc(Br)cc1C(=O)Nc1cccc(C(F)(F)F)c1. The molecule has 7 heteroatoms. The highest BCUT2D eigenvalue weighted by Crippen LogP contribution is 2.32. The fourth-order valence-electron chi connectivity index (χ4n) is 2.14. The zero-order valence-corrected chi connectivity index (χ0v) is 13.9. The molecule has 0 heterocycles. The molecule has 0 atom stereocenters. The molecule has 23 heavy (non-hydrogen) atoms. The van der Waals surface area contributed by atoms with E-state index in [0.717, 1.165) is 17.7 Å². The predicted molar refractivity (Wildman–Crippen MR) is 84.8 cm³/mol. The number of nitrogens with one attached hydrogen (secondary N) is 1. The zero-order valence-electron chi connectivity index (χ0n) is 12.3. The van der Waals surface area contributed by atoms with Gasteiger partial charge in [0.2, 0.25) is 0 Å². The first-order valence-corrected chi connectivity index (χ1v) is 7.34. The molecule has 0 aliphatic heterocycles. The van der Waals surface area contributed by atoms with Crippen LogP contribution in [0.3, 0.4) is 0 Å². The summed E-state index contributed by atoms with van der Waals surface area (Å²) in [6.07, 6.45) is -4.47. The molecular formula is C16H13BrF3NO2. The number of rotatable bonds is 3. The molecule has 2 rings (SSSR count). The average Bonchev–Trinajstić information content (AvgIpc) is 2.46. The molecule has 0 aliphatic rings. The van der Waals surface area contributed by atoms with Crippen LogP contribution >= 0.6 is 15.9 Å². The van der Waals surface area contributed by atoms with E-state index in [0.29, 0.717) is 10.2 Å². The predicted octanol–water partition coefficient (Wildman–Crippen LogP) is 5.04. The van der Waals surface area contributed by atoms with Crippen molar-refractivity contribution in [3.8, 4) is 5.75 Å². The van der Waals surface area contributed by atoms with Crippen molar-refractivity contribution in [3.63, 3.8) is 0 Å². The Morgan fingerprint density at radius 1 is 1.22 bits per heavy atom. The monoisotopic (exact) mass is 387 g/mol. The number of amides is 1. The molecule has 2 aromatic rings. The van der Waals surface area contributed by atoms with E-state index in [1.165, 1.54) is 19.2 Å². The number of alkyl halides is 3. The molecule has 3 nitrogen and oxygen atoms in total. The number of aryl methyl sites for hydroxylation is 1. The van der Waals surface area contributed by atoms with E-state index in [9.17, 15) is 18.0 Å². The van der Waals surface area contributed by atoms with Crippen molar-refractivity contribution in [2.24, 2.45) is 0 Å². The van der Waals surface area contributed by atoms with Gasteiger partial charge in [0, 0.05) is 10.2 Å². The quantitative estimate of drug-likeness (QED) is 0.801. The van der Waals surface area contributed by atoms with Gasteiger partial charge in [0.1, 0.15) is 5.75 Å². The van der Waals surface area contributed by atoms with Gasteiger partial charge in [-0.15, -0.1) is 0 Å². The van der Waals surface area contributed by atoms with Crippen molar-refractivity contribution in [1.82, 2.24) is 0 Å². The third-order valence-corrected chi connectivity index (χ3v) is 3.59. The first-order valence-electron chi connectivity index (χ1n) is 6.55. The van der Waals surface area contributed by atoms with E-state index in [4.69, 9.17) is 4.74 Å². The van der Waals surface area contributed by atoms with Crippen LogP contribution in [0.25, 0.3) is 0 Å². The first kappa shape index (κ1) is 17.3. The highest BCUT2D eigenvalue weighted by molar-refractivity contribution is 9.10. The van der Waals surface area contributed by atoms with Gasteiger partial charge in [-0.1, -0.05) is 22.0 Å². The lowest BCUT2D eigenvalue weighted by atomic mass is 10.1. The number of methoxy groups -OCH3 is 1. The Morgan fingerprint density at radius 2 is 1.91 bits per heavy atom. The smallest absolute Gasteiger partial charge is 0.416 e. The van der Waals surface area contributed by atoms with E-state index >= 15 is 0 Å². The van der Waals surface area contributed by atoms with Crippen molar-refractivity contribution < 1.29 is 22.7 Å². The van der Waals surface area contributed by atoms with Crippen molar-refractivity contribution in [2.75, 3.05) is 12.4 Å².